The van der Waals surface area contributed by atoms with Crippen LogP contribution in [0, 0.1) is 17.8 Å². The van der Waals surface area contributed by atoms with Gasteiger partial charge in [0, 0.05) is 0 Å². The van der Waals surface area contributed by atoms with Crippen molar-refractivity contribution in [2.75, 3.05) is 34.3 Å². The number of ether oxygens (including phenoxy) is 1. The molecule has 0 aromatic heterocycles. The van der Waals surface area contributed by atoms with Gasteiger partial charge in [-0.05, 0) is 30.6 Å². The Balaban J connectivity index is 2.44. The van der Waals surface area contributed by atoms with E-state index in [1.807, 2.05) is 0 Å². The van der Waals surface area contributed by atoms with Gasteiger partial charge in [0.05, 0.1) is 33.9 Å². The van der Waals surface area contributed by atoms with E-state index in [2.05, 4.69) is 41.9 Å². The molecule has 1 aliphatic carbocycles. The average molecular weight is 272 g/mol. The lowest BCUT2D eigenvalue weighted by Gasteiger charge is -2.37. The van der Waals surface area contributed by atoms with Crippen LogP contribution in [0.5, 0.6) is 0 Å². The molecule has 19 heavy (non-hydrogen) atoms. The van der Waals surface area contributed by atoms with Crippen LogP contribution in [-0.4, -0.2) is 56.1 Å². The molecule has 0 saturated heterocycles. The number of rotatable bonds is 6. The lowest BCUT2D eigenvalue weighted by molar-refractivity contribution is -0.873. The molecular formula is C16H34NO2+. The molecule has 0 heterocycles. The smallest absolute Gasteiger partial charge is 0.126 e. The van der Waals surface area contributed by atoms with Gasteiger partial charge in [-0.25, -0.2) is 0 Å². The lowest BCUT2D eigenvalue weighted by Crippen LogP contribution is -2.44. The van der Waals surface area contributed by atoms with Crippen molar-refractivity contribution in [2.45, 2.75) is 52.2 Å². The molecule has 1 rings (SSSR count). The second-order valence-electron chi connectivity index (χ2n) is 7.82. The highest BCUT2D eigenvalue weighted by molar-refractivity contribution is 4.81. The van der Waals surface area contributed by atoms with E-state index in [0.717, 1.165) is 23.4 Å². The van der Waals surface area contributed by atoms with Crippen LogP contribution in [0.25, 0.3) is 0 Å². The van der Waals surface area contributed by atoms with Gasteiger partial charge in [-0.15, -0.1) is 0 Å². The Morgan fingerprint density at radius 2 is 1.84 bits per heavy atom. The zero-order valence-electron chi connectivity index (χ0n) is 13.7. The molecule has 0 amide bonds. The highest BCUT2D eigenvalue weighted by Gasteiger charge is 2.32. The molecule has 1 aliphatic rings. The summed E-state index contributed by atoms with van der Waals surface area (Å²) in [5, 5.41) is 10.1. The van der Waals surface area contributed by atoms with E-state index in [4.69, 9.17) is 4.74 Å². The van der Waals surface area contributed by atoms with Crippen molar-refractivity contribution in [1.82, 2.24) is 0 Å². The highest BCUT2D eigenvalue weighted by atomic mass is 16.5. The van der Waals surface area contributed by atoms with Crippen molar-refractivity contribution < 1.29 is 14.3 Å². The molecule has 1 fully saturated rings. The van der Waals surface area contributed by atoms with Gasteiger partial charge >= 0.3 is 0 Å². The van der Waals surface area contributed by atoms with Gasteiger partial charge < -0.3 is 14.3 Å². The maximum Gasteiger partial charge on any atom is 0.126 e. The van der Waals surface area contributed by atoms with Gasteiger partial charge in [-0.2, -0.15) is 0 Å². The zero-order chi connectivity index (χ0) is 14.6. The molecule has 0 unspecified atom stereocenters. The summed E-state index contributed by atoms with van der Waals surface area (Å²) in [6.07, 6.45) is 3.73. The van der Waals surface area contributed by atoms with Gasteiger partial charge in [0.2, 0.25) is 0 Å². The summed E-state index contributed by atoms with van der Waals surface area (Å²) in [7, 11) is 6.30. The van der Waals surface area contributed by atoms with Crippen molar-refractivity contribution in [1.29, 1.82) is 0 Å². The molecule has 0 aromatic rings. The SMILES string of the molecule is CC(C)[C@@H]1CC[C@@H](C)C[C@H]1OC[C@H](O)C[N+](C)(C)C. The third-order valence-electron chi connectivity index (χ3n) is 4.22. The summed E-state index contributed by atoms with van der Waals surface area (Å²) >= 11 is 0. The number of hydrogen-bond acceptors (Lipinski definition) is 2. The standard InChI is InChI=1S/C16H34NO2/c1-12(2)15-8-7-13(3)9-16(15)19-11-14(18)10-17(4,5)6/h12-16,18H,7-11H2,1-6H3/q+1/t13-,14-,15+,16-/m1/s1. The van der Waals surface area contributed by atoms with Crippen LogP contribution in [0.4, 0.5) is 0 Å². The third-order valence-corrected chi connectivity index (χ3v) is 4.22. The number of hydrogen-bond donors (Lipinski definition) is 1. The van der Waals surface area contributed by atoms with Crippen LogP contribution < -0.4 is 0 Å². The fraction of sp³-hybridized carbons (Fsp3) is 1.00. The predicted molar refractivity (Wildman–Crippen MR) is 80.0 cm³/mol. The topological polar surface area (TPSA) is 29.5 Å². The summed E-state index contributed by atoms with van der Waals surface area (Å²) in [6.45, 7) is 8.12. The fourth-order valence-electron chi connectivity index (χ4n) is 3.23. The van der Waals surface area contributed by atoms with E-state index in [0.29, 0.717) is 24.5 Å². The Labute approximate surface area is 119 Å². The van der Waals surface area contributed by atoms with E-state index >= 15 is 0 Å². The van der Waals surface area contributed by atoms with E-state index < -0.39 is 0 Å². The molecule has 0 aromatic carbocycles. The number of aliphatic hydroxyl groups excluding tert-OH is 1. The van der Waals surface area contributed by atoms with Gasteiger partial charge in [0.25, 0.3) is 0 Å². The lowest BCUT2D eigenvalue weighted by atomic mass is 9.75. The summed E-state index contributed by atoms with van der Waals surface area (Å²) < 4.78 is 6.85. The number of nitrogens with zero attached hydrogens (tertiary/aromatic N) is 1. The first-order valence-electron chi connectivity index (χ1n) is 7.79. The van der Waals surface area contributed by atoms with Gasteiger partial charge in [0.15, 0.2) is 0 Å². The first-order valence-corrected chi connectivity index (χ1v) is 7.79. The van der Waals surface area contributed by atoms with E-state index in [-0.39, 0.29) is 6.10 Å². The Morgan fingerprint density at radius 1 is 1.21 bits per heavy atom. The van der Waals surface area contributed by atoms with Crippen molar-refractivity contribution >= 4 is 0 Å². The maximum absolute atomic E-state index is 10.1. The normalized spacial score (nSPS) is 30.6. The average Bonchev–Trinajstić information content (AvgIpc) is 2.23. The molecular weight excluding hydrogens is 238 g/mol. The van der Waals surface area contributed by atoms with Crippen LogP contribution in [0.2, 0.25) is 0 Å². The molecule has 3 heteroatoms. The van der Waals surface area contributed by atoms with Crippen LogP contribution >= 0.6 is 0 Å². The Morgan fingerprint density at radius 3 is 2.37 bits per heavy atom. The maximum atomic E-state index is 10.1. The summed E-state index contributed by atoms with van der Waals surface area (Å²) in [5.74, 6) is 2.09. The van der Waals surface area contributed by atoms with Crippen molar-refractivity contribution in [3.8, 4) is 0 Å². The molecule has 0 spiro atoms. The minimum Gasteiger partial charge on any atom is -0.385 e. The molecule has 0 radical (unpaired) electrons. The largest absolute Gasteiger partial charge is 0.385 e. The Kier molecular flexibility index (Phi) is 6.28. The minimum absolute atomic E-state index is 0.339. The van der Waals surface area contributed by atoms with Crippen molar-refractivity contribution in [2.24, 2.45) is 17.8 Å². The second kappa shape index (κ2) is 7.05. The number of aliphatic hydroxyl groups is 1. The van der Waals surface area contributed by atoms with Gasteiger partial charge in [-0.1, -0.05) is 27.2 Å². The molecule has 1 saturated carbocycles. The predicted octanol–water partition coefficient (Wildman–Crippen LogP) is 2.53. The van der Waals surface area contributed by atoms with Crippen LogP contribution in [0.3, 0.4) is 0 Å². The van der Waals surface area contributed by atoms with Crippen LogP contribution in [0.1, 0.15) is 40.0 Å². The van der Waals surface area contributed by atoms with E-state index in [1.54, 1.807) is 0 Å². The molecule has 114 valence electrons. The Hall–Kier alpha value is -0.120. The van der Waals surface area contributed by atoms with Crippen LogP contribution in [-0.2, 0) is 4.74 Å². The number of likely N-dealkylation sites (N-methyl/N-ethyl adjacent to an activating group) is 1. The first-order chi connectivity index (χ1) is 8.69. The van der Waals surface area contributed by atoms with Gasteiger partial charge in [0.1, 0.15) is 12.6 Å². The quantitative estimate of drug-likeness (QED) is 0.753. The van der Waals surface area contributed by atoms with E-state index in [1.165, 1.54) is 12.8 Å². The fourth-order valence-corrected chi connectivity index (χ4v) is 3.23. The van der Waals surface area contributed by atoms with E-state index in [9.17, 15) is 5.11 Å². The zero-order valence-corrected chi connectivity index (χ0v) is 13.7. The summed E-state index contributed by atoms with van der Waals surface area (Å²) in [4.78, 5) is 0. The van der Waals surface area contributed by atoms with Crippen LogP contribution in [0.15, 0.2) is 0 Å². The molecule has 3 nitrogen and oxygen atoms in total. The van der Waals surface area contributed by atoms with Gasteiger partial charge in [-0.3, -0.25) is 0 Å². The second-order valence-corrected chi connectivity index (χ2v) is 7.82. The molecule has 1 N–H and O–H groups in total. The monoisotopic (exact) mass is 272 g/mol. The summed E-state index contributed by atoms with van der Waals surface area (Å²) in [5.41, 5.74) is 0. The third kappa shape index (κ3) is 6.24. The molecule has 0 bridgehead atoms. The highest BCUT2D eigenvalue weighted by Crippen LogP contribution is 2.35. The summed E-state index contributed by atoms with van der Waals surface area (Å²) in [6, 6.07) is 0. The Bertz CT molecular complexity index is 260. The minimum atomic E-state index is -0.356. The van der Waals surface area contributed by atoms with Crippen molar-refractivity contribution in [3.63, 3.8) is 0 Å². The first kappa shape index (κ1) is 16.9. The molecule has 4 atom stereocenters. The number of quaternary nitrogens is 1. The molecule has 0 aliphatic heterocycles. The van der Waals surface area contributed by atoms with Crippen molar-refractivity contribution in [3.05, 3.63) is 0 Å².